The second kappa shape index (κ2) is 8.40. The fourth-order valence-electron chi connectivity index (χ4n) is 3.77. The van der Waals surface area contributed by atoms with Crippen LogP contribution < -0.4 is 4.90 Å². The third-order valence-electron chi connectivity index (χ3n) is 5.50. The van der Waals surface area contributed by atoms with Gasteiger partial charge in [0, 0.05) is 48.3 Å². The van der Waals surface area contributed by atoms with E-state index < -0.39 is 0 Å². The summed E-state index contributed by atoms with van der Waals surface area (Å²) in [7, 11) is 1.77. The van der Waals surface area contributed by atoms with Crippen molar-refractivity contribution < 1.29 is 4.79 Å². The van der Waals surface area contributed by atoms with E-state index in [0.717, 1.165) is 38.8 Å². The number of hydrogen-bond donors (Lipinski definition) is 0. The predicted octanol–water partition coefficient (Wildman–Crippen LogP) is 5.64. The number of nitrogens with zero attached hydrogens (tertiary/aromatic N) is 4. The lowest BCUT2D eigenvalue weighted by Crippen LogP contribution is -2.26. The zero-order valence-electron chi connectivity index (χ0n) is 17.5. The summed E-state index contributed by atoms with van der Waals surface area (Å²) in [5.41, 5.74) is 6.42. The number of anilines is 1. The van der Waals surface area contributed by atoms with E-state index in [4.69, 9.17) is 0 Å². The van der Waals surface area contributed by atoms with Gasteiger partial charge in [0.1, 0.15) is 0 Å². The Bertz CT molecular complexity index is 1400. The Morgan fingerprint density at radius 2 is 1.56 bits per heavy atom. The summed E-state index contributed by atoms with van der Waals surface area (Å²) in [6.45, 7) is 0. The van der Waals surface area contributed by atoms with Crippen LogP contribution in [0.5, 0.6) is 0 Å². The molecule has 0 fully saturated rings. The average Bonchev–Trinajstić information content (AvgIpc) is 2.88. The maximum atomic E-state index is 12.9. The minimum absolute atomic E-state index is 0.0766. The SMILES string of the molecule is CN(C(=O)c1ccccc1)c1cncc(-c2ccc3nccc(-c4ccncc4)c3c2)c1. The molecule has 2 aromatic carbocycles. The van der Waals surface area contributed by atoms with Crippen LogP contribution in [-0.4, -0.2) is 27.9 Å². The van der Waals surface area contributed by atoms with Crippen LogP contribution in [0.1, 0.15) is 10.4 Å². The quantitative estimate of drug-likeness (QED) is 0.381. The van der Waals surface area contributed by atoms with E-state index in [1.165, 1.54) is 0 Å². The van der Waals surface area contributed by atoms with Gasteiger partial charge in [0.2, 0.25) is 0 Å². The lowest BCUT2D eigenvalue weighted by Gasteiger charge is -2.18. The first-order chi connectivity index (χ1) is 15.7. The summed E-state index contributed by atoms with van der Waals surface area (Å²) in [4.78, 5) is 27.5. The molecule has 0 aliphatic carbocycles. The average molecular weight is 416 g/mol. The standard InChI is InChI=1S/C27H20N4O/c1-31(27(32)20-5-3-2-4-6-20)23-15-22(17-29-18-23)21-7-8-26-25(16-21)24(11-14-30-26)19-9-12-28-13-10-19/h2-18H,1H3. The van der Waals surface area contributed by atoms with Gasteiger partial charge in [0.15, 0.2) is 0 Å². The second-order valence-electron chi connectivity index (χ2n) is 7.49. The highest BCUT2D eigenvalue weighted by molar-refractivity contribution is 6.06. The van der Waals surface area contributed by atoms with E-state index in [2.05, 4.69) is 21.0 Å². The number of benzene rings is 2. The second-order valence-corrected chi connectivity index (χ2v) is 7.49. The third kappa shape index (κ3) is 3.72. The largest absolute Gasteiger partial charge is 0.310 e. The molecule has 0 aliphatic heterocycles. The lowest BCUT2D eigenvalue weighted by molar-refractivity contribution is 0.0993. The molecular weight excluding hydrogens is 396 g/mol. The monoisotopic (exact) mass is 416 g/mol. The van der Waals surface area contributed by atoms with Crippen LogP contribution in [0.2, 0.25) is 0 Å². The molecule has 0 aliphatic rings. The van der Waals surface area contributed by atoms with Crippen molar-refractivity contribution in [2.45, 2.75) is 0 Å². The molecule has 5 nitrogen and oxygen atoms in total. The van der Waals surface area contributed by atoms with Crippen molar-refractivity contribution in [3.63, 3.8) is 0 Å². The van der Waals surface area contributed by atoms with Crippen LogP contribution in [0.3, 0.4) is 0 Å². The van der Waals surface area contributed by atoms with E-state index in [1.54, 1.807) is 30.5 Å². The van der Waals surface area contributed by atoms with Crippen LogP contribution in [-0.2, 0) is 0 Å². The van der Waals surface area contributed by atoms with Crippen LogP contribution in [0.15, 0.2) is 104 Å². The summed E-state index contributed by atoms with van der Waals surface area (Å²) in [5, 5.41) is 1.05. The van der Waals surface area contributed by atoms with E-state index in [9.17, 15) is 4.79 Å². The molecule has 0 spiro atoms. The van der Waals surface area contributed by atoms with E-state index >= 15 is 0 Å². The van der Waals surface area contributed by atoms with Gasteiger partial charge in [-0.2, -0.15) is 0 Å². The number of fused-ring (bicyclic) bond motifs is 1. The summed E-state index contributed by atoms with van der Waals surface area (Å²) < 4.78 is 0. The number of aromatic nitrogens is 3. The maximum absolute atomic E-state index is 12.9. The highest BCUT2D eigenvalue weighted by Crippen LogP contribution is 2.32. The van der Waals surface area contributed by atoms with E-state index in [-0.39, 0.29) is 5.91 Å². The molecule has 0 bridgehead atoms. The van der Waals surface area contributed by atoms with Gasteiger partial charge in [-0.1, -0.05) is 24.3 Å². The van der Waals surface area contributed by atoms with Gasteiger partial charge in [0.05, 0.1) is 17.4 Å². The zero-order chi connectivity index (χ0) is 21.9. The molecule has 0 radical (unpaired) electrons. The molecule has 3 heterocycles. The highest BCUT2D eigenvalue weighted by Gasteiger charge is 2.14. The molecule has 5 rings (SSSR count). The predicted molar refractivity (Wildman–Crippen MR) is 127 cm³/mol. The smallest absolute Gasteiger partial charge is 0.258 e. The lowest BCUT2D eigenvalue weighted by atomic mass is 9.98. The number of carbonyl (C=O) groups excluding carboxylic acids is 1. The molecule has 32 heavy (non-hydrogen) atoms. The van der Waals surface area contributed by atoms with Gasteiger partial charge in [0.25, 0.3) is 5.91 Å². The summed E-state index contributed by atoms with van der Waals surface area (Å²) in [6.07, 6.45) is 8.92. The van der Waals surface area contributed by atoms with Crippen molar-refractivity contribution in [1.29, 1.82) is 0 Å². The molecular formula is C27H20N4O. The van der Waals surface area contributed by atoms with Gasteiger partial charge in [-0.15, -0.1) is 0 Å². The molecule has 0 N–H and O–H groups in total. The van der Waals surface area contributed by atoms with Crippen LogP contribution >= 0.6 is 0 Å². The highest BCUT2D eigenvalue weighted by atomic mass is 16.2. The van der Waals surface area contributed by atoms with Gasteiger partial charge in [-0.25, -0.2) is 0 Å². The Hall–Kier alpha value is -4.38. The first kappa shape index (κ1) is 19.6. The summed E-state index contributed by atoms with van der Waals surface area (Å²) >= 11 is 0. The van der Waals surface area contributed by atoms with E-state index in [1.807, 2.05) is 79.1 Å². The molecule has 5 heteroatoms. The Balaban J connectivity index is 1.54. The van der Waals surface area contributed by atoms with Gasteiger partial charge >= 0.3 is 0 Å². The fourth-order valence-corrected chi connectivity index (χ4v) is 3.77. The molecule has 0 atom stereocenters. The van der Waals surface area contributed by atoms with Crippen molar-refractivity contribution in [2.24, 2.45) is 0 Å². The number of pyridine rings is 3. The molecule has 154 valence electrons. The Labute approximate surface area is 186 Å². The molecule has 0 unspecified atom stereocenters. The van der Waals surface area contributed by atoms with Crippen LogP contribution in [0, 0.1) is 0 Å². The summed E-state index contributed by atoms with van der Waals surface area (Å²) in [6, 6.07) is 23.4. The minimum Gasteiger partial charge on any atom is -0.310 e. The van der Waals surface area contributed by atoms with Crippen molar-refractivity contribution in [3.05, 3.63) is 109 Å². The van der Waals surface area contributed by atoms with Gasteiger partial charge in [-0.3, -0.25) is 19.7 Å². The van der Waals surface area contributed by atoms with Crippen LogP contribution in [0.25, 0.3) is 33.2 Å². The molecule has 0 saturated carbocycles. The molecule has 5 aromatic rings. The van der Waals surface area contributed by atoms with Gasteiger partial charge < -0.3 is 4.90 Å². The van der Waals surface area contributed by atoms with Crippen LogP contribution in [0.4, 0.5) is 5.69 Å². The molecule has 0 saturated heterocycles. The fraction of sp³-hybridized carbons (Fsp3) is 0.0370. The van der Waals surface area contributed by atoms with Gasteiger partial charge in [-0.05, 0) is 65.2 Å². The van der Waals surface area contributed by atoms with Crippen molar-refractivity contribution >= 4 is 22.5 Å². The summed E-state index contributed by atoms with van der Waals surface area (Å²) in [5.74, 6) is -0.0766. The van der Waals surface area contributed by atoms with Crippen molar-refractivity contribution in [1.82, 2.24) is 15.0 Å². The topological polar surface area (TPSA) is 59.0 Å². The number of carbonyl (C=O) groups is 1. The maximum Gasteiger partial charge on any atom is 0.258 e. The Kier molecular flexibility index (Phi) is 5.14. The minimum atomic E-state index is -0.0766. The molecule has 1 amide bonds. The Morgan fingerprint density at radius 1 is 0.750 bits per heavy atom. The van der Waals surface area contributed by atoms with E-state index in [0.29, 0.717) is 5.56 Å². The van der Waals surface area contributed by atoms with Crippen molar-refractivity contribution in [3.8, 4) is 22.3 Å². The number of rotatable bonds is 4. The first-order valence-electron chi connectivity index (χ1n) is 10.3. The number of amides is 1. The first-order valence-corrected chi connectivity index (χ1v) is 10.3. The third-order valence-corrected chi connectivity index (χ3v) is 5.50. The zero-order valence-corrected chi connectivity index (χ0v) is 17.5. The normalized spacial score (nSPS) is 10.8. The van der Waals surface area contributed by atoms with Crippen molar-refractivity contribution in [2.75, 3.05) is 11.9 Å². The number of hydrogen-bond acceptors (Lipinski definition) is 4. The molecule has 3 aromatic heterocycles. The Morgan fingerprint density at radius 3 is 2.38 bits per heavy atom.